The van der Waals surface area contributed by atoms with Gasteiger partial charge in [0.2, 0.25) is 0 Å². The topological polar surface area (TPSA) is 114 Å². The molecule has 156 valence electrons. The van der Waals surface area contributed by atoms with E-state index >= 15 is 0 Å². The van der Waals surface area contributed by atoms with Crippen LogP contribution in [0.25, 0.3) is 0 Å². The third kappa shape index (κ3) is 4.66. The Hall–Kier alpha value is -3.11. The third-order valence-corrected chi connectivity index (χ3v) is 4.90. The Balaban J connectivity index is 1.48. The molecule has 0 aliphatic carbocycles. The first-order valence-corrected chi connectivity index (χ1v) is 9.00. The van der Waals surface area contributed by atoms with Gasteiger partial charge in [-0.25, -0.2) is 18.0 Å². The van der Waals surface area contributed by atoms with Gasteiger partial charge in [0, 0.05) is 37.6 Å². The summed E-state index contributed by atoms with van der Waals surface area (Å²) in [6, 6.07) is 0.542. The molecule has 1 unspecified atom stereocenters. The first kappa shape index (κ1) is 20.6. The zero-order chi connectivity index (χ0) is 21.1. The minimum Gasteiger partial charge on any atom is -0.390 e. The third-order valence-electron chi connectivity index (χ3n) is 4.90. The standard InChI is InChI=1S/C18H19F3N4O4/c19-10-5-12(20)15(13(21)6-10)16(26)9-1-3-25(4-2-9)18(28)23-8-11-7-14(17(22)27)24-29-11/h5-6,9,11H,1-4,7-8H2,(H2,22,27)(H,23,28). The molecule has 3 N–H and O–H groups in total. The summed E-state index contributed by atoms with van der Waals surface area (Å²) >= 11 is 0. The average molecular weight is 412 g/mol. The molecule has 29 heavy (non-hydrogen) atoms. The second-order valence-electron chi connectivity index (χ2n) is 6.89. The number of likely N-dealkylation sites (tertiary alicyclic amines) is 1. The van der Waals surface area contributed by atoms with Gasteiger partial charge < -0.3 is 20.8 Å². The highest BCUT2D eigenvalue weighted by Gasteiger charge is 2.32. The molecule has 0 bridgehead atoms. The zero-order valence-electron chi connectivity index (χ0n) is 15.3. The van der Waals surface area contributed by atoms with Crippen molar-refractivity contribution in [1.82, 2.24) is 10.2 Å². The molecule has 2 heterocycles. The van der Waals surface area contributed by atoms with E-state index in [2.05, 4.69) is 10.5 Å². The highest BCUT2D eigenvalue weighted by Crippen LogP contribution is 2.25. The molecule has 1 saturated heterocycles. The number of nitrogens with two attached hydrogens (primary N) is 1. The van der Waals surface area contributed by atoms with Crippen LogP contribution in [0.3, 0.4) is 0 Å². The van der Waals surface area contributed by atoms with Crippen molar-refractivity contribution in [2.45, 2.75) is 25.4 Å². The van der Waals surface area contributed by atoms with Crippen molar-refractivity contribution in [2.24, 2.45) is 16.8 Å². The van der Waals surface area contributed by atoms with Gasteiger partial charge in [0.25, 0.3) is 5.91 Å². The molecule has 1 atom stereocenters. The lowest BCUT2D eigenvalue weighted by molar-refractivity contribution is -0.112. The Bertz CT molecular complexity index is 846. The Morgan fingerprint density at radius 2 is 1.79 bits per heavy atom. The number of Topliss-reactive ketones (excluding diaryl/α,β-unsaturated/α-hetero) is 1. The smallest absolute Gasteiger partial charge is 0.317 e. The van der Waals surface area contributed by atoms with Gasteiger partial charge in [-0.1, -0.05) is 5.16 Å². The fourth-order valence-electron chi connectivity index (χ4n) is 3.32. The number of hydrogen-bond acceptors (Lipinski definition) is 5. The van der Waals surface area contributed by atoms with Gasteiger partial charge in [0.1, 0.15) is 23.2 Å². The number of primary amides is 1. The number of nitrogens with zero attached hydrogens (tertiary/aromatic N) is 2. The van der Waals surface area contributed by atoms with Gasteiger partial charge in [-0.2, -0.15) is 0 Å². The van der Waals surface area contributed by atoms with Crippen LogP contribution in [0.4, 0.5) is 18.0 Å². The van der Waals surface area contributed by atoms with Gasteiger partial charge in [-0.05, 0) is 12.8 Å². The van der Waals surface area contributed by atoms with Crippen molar-refractivity contribution >= 4 is 23.4 Å². The van der Waals surface area contributed by atoms with Crippen molar-refractivity contribution in [3.8, 4) is 0 Å². The minimum atomic E-state index is -1.23. The van der Waals surface area contributed by atoms with E-state index < -0.39 is 52.8 Å². The minimum absolute atomic E-state index is 0.101. The number of halogens is 3. The molecule has 0 saturated carbocycles. The lowest BCUT2D eigenvalue weighted by Crippen LogP contribution is -2.47. The predicted octanol–water partition coefficient (Wildman–Crippen LogP) is 1.34. The maximum Gasteiger partial charge on any atom is 0.317 e. The van der Waals surface area contributed by atoms with Crippen LogP contribution in [-0.2, 0) is 9.63 Å². The highest BCUT2D eigenvalue weighted by molar-refractivity contribution is 6.38. The molecular formula is C18H19F3N4O4. The summed E-state index contributed by atoms with van der Waals surface area (Å²) < 4.78 is 40.7. The first-order chi connectivity index (χ1) is 13.8. The lowest BCUT2D eigenvalue weighted by Gasteiger charge is -2.31. The maximum atomic E-state index is 13.8. The number of nitrogens with one attached hydrogen (secondary N) is 1. The van der Waals surface area contributed by atoms with Gasteiger partial charge in [-0.3, -0.25) is 9.59 Å². The van der Waals surface area contributed by atoms with E-state index in [1.54, 1.807) is 0 Å². The molecule has 2 aliphatic heterocycles. The number of carbonyl (C=O) groups excluding carboxylic acids is 3. The van der Waals surface area contributed by atoms with E-state index in [1.165, 1.54) is 4.90 Å². The average Bonchev–Trinajstić information content (AvgIpc) is 3.15. The van der Waals surface area contributed by atoms with Crippen molar-refractivity contribution < 1.29 is 32.4 Å². The largest absolute Gasteiger partial charge is 0.390 e. The SMILES string of the molecule is NC(=O)C1=NOC(CNC(=O)N2CCC(C(=O)c3c(F)cc(F)cc3F)CC2)C1. The number of ketones is 1. The van der Waals surface area contributed by atoms with Crippen LogP contribution in [0.2, 0.25) is 0 Å². The number of urea groups is 1. The van der Waals surface area contributed by atoms with Crippen molar-refractivity contribution in [3.05, 3.63) is 35.1 Å². The van der Waals surface area contributed by atoms with Crippen LogP contribution in [0, 0.1) is 23.4 Å². The molecule has 1 aromatic carbocycles. The molecule has 1 fully saturated rings. The number of piperidine rings is 1. The quantitative estimate of drug-likeness (QED) is 0.711. The van der Waals surface area contributed by atoms with Gasteiger partial charge in [-0.15, -0.1) is 0 Å². The number of rotatable bonds is 5. The van der Waals surface area contributed by atoms with E-state index in [1.807, 2.05) is 0 Å². The first-order valence-electron chi connectivity index (χ1n) is 9.00. The van der Waals surface area contributed by atoms with E-state index in [4.69, 9.17) is 10.6 Å². The monoisotopic (exact) mass is 412 g/mol. The molecule has 1 aromatic rings. The number of oxime groups is 1. The Kier molecular flexibility index (Phi) is 6.04. The van der Waals surface area contributed by atoms with Crippen LogP contribution in [0.5, 0.6) is 0 Å². The molecule has 0 spiro atoms. The van der Waals surface area contributed by atoms with Crippen molar-refractivity contribution in [1.29, 1.82) is 0 Å². The van der Waals surface area contributed by atoms with Gasteiger partial charge in [0.15, 0.2) is 11.9 Å². The normalized spacial score (nSPS) is 19.5. The summed E-state index contributed by atoms with van der Waals surface area (Å²) in [4.78, 5) is 42.1. The predicted molar refractivity (Wildman–Crippen MR) is 94.5 cm³/mol. The van der Waals surface area contributed by atoms with Crippen LogP contribution in [-0.4, -0.2) is 54.1 Å². The second kappa shape index (κ2) is 8.50. The Labute approximate surface area is 163 Å². The van der Waals surface area contributed by atoms with Crippen LogP contribution >= 0.6 is 0 Å². The summed E-state index contributed by atoms with van der Waals surface area (Å²) in [6.07, 6.45) is 0.139. The summed E-state index contributed by atoms with van der Waals surface area (Å²) in [6.45, 7) is 0.534. The molecule has 3 amide bonds. The molecule has 2 aliphatic rings. The number of benzene rings is 1. The van der Waals surface area contributed by atoms with Crippen molar-refractivity contribution in [2.75, 3.05) is 19.6 Å². The summed E-state index contributed by atoms with van der Waals surface area (Å²) in [7, 11) is 0. The molecule has 8 nitrogen and oxygen atoms in total. The second-order valence-corrected chi connectivity index (χ2v) is 6.89. The van der Waals surface area contributed by atoms with E-state index in [-0.39, 0.29) is 44.6 Å². The molecular weight excluding hydrogens is 393 g/mol. The maximum absolute atomic E-state index is 13.8. The number of carbonyl (C=O) groups is 3. The van der Waals surface area contributed by atoms with Gasteiger partial charge in [0.05, 0.1) is 12.1 Å². The Morgan fingerprint density at radius 3 is 2.34 bits per heavy atom. The molecule has 3 rings (SSSR count). The van der Waals surface area contributed by atoms with E-state index in [0.717, 1.165) is 0 Å². The van der Waals surface area contributed by atoms with Gasteiger partial charge >= 0.3 is 6.03 Å². The number of hydrogen-bond donors (Lipinski definition) is 2. The summed E-state index contributed by atoms with van der Waals surface area (Å²) in [5, 5.41) is 6.18. The number of amides is 3. The van der Waals surface area contributed by atoms with Crippen LogP contribution in [0.1, 0.15) is 29.6 Å². The molecule has 11 heteroatoms. The van der Waals surface area contributed by atoms with E-state index in [9.17, 15) is 27.6 Å². The van der Waals surface area contributed by atoms with Crippen LogP contribution < -0.4 is 11.1 Å². The van der Waals surface area contributed by atoms with Crippen LogP contribution in [0.15, 0.2) is 17.3 Å². The van der Waals surface area contributed by atoms with E-state index in [0.29, 0.717) is 12.1 Å². The fourth-order valence-corrected chi connectivity index (χ4v) is 3.32. The molecule has 0 aromatic heterocycles. The summed E-state index contributed by atoms with van der Waals surface area (Å²) in [5.41, 5.74) is 4.45. The lowest BCUT2D eigenvalue weighted by atomic mass is 9.88. The molecule has 0 radical (unpaired) electrons. The summed E-state index contributed by atoms with van der Waals surface area (Å²) in [5.74, 6) is -5.65. The Morgan fingerprint density at radius 1 is 1.17 bits per heavy atom. The highest BCUT2D eigenvalue weighted by atomic mass is 19.1. The van der Waals surface area contributed by atoms with Crippen molar-refractivity contribution in [3.63, 3.8) is 0 Å². The zero-order valence-corrected chi connectivity index (χ0v) is 15.3. The fraction of sp³-hybridized carbons (Fsp3) is 0.444.